The lowest BCUT2D eigenvalue weighted by molar-refractivity contribution is 0.473. The Morgan fingerprint density at radius 3 is 1.27 bits per heavy atom. The van der Waals surface area contributed by atoms with Crippen LogP contribution >= 0.6 is 0 Å². The van der Waals surface area contributed by atoms with E-state index in [4.69, 9.17) is 0 Å². The molecule has 0 radical (unpaired) electrons. The highest BCUT2D eigenvalue weighted by atomic mass is 16.3. The van der Waals surface area contributed by atoms with E-state index in [1.54, 1.807) is 36.4 Å². The third-order valence-corrected chi connectivity index (χ3v) is 7.32. The molecule has 6 aromatic rings. The van der Waals surface area contributed by atoms with Crippen LogP contribution < -0.4 is 0 Å². The minimum absolute atomic E-state index is 0.201. The summed E-state index contributed by atoms with van der Waals surface area (Å²) in [5, 5.41) is 35.0. The zero-order valence-electron chi connectivity index (χ0n) is 20.2. The molecule has 37 heavy (non-hydrogen) atoms. The number of benzene rings is 6. The molecule has 3 N–H and O–H groups in total. The molecule has 0 aliphatic carbocycles. The predicted molar refractivity (Wildman–Crippen MR) is 149 cm³/mol. The molecule has 3 heteroatoms. The van der Waals surface area contributed by atoms with E-state index in [0.29, 0.717) is 6.42 Å². The van der Waals surface area contributed by atoms with Gasteiger partial charge in [-0.1, -0.05) is 78.9 Å². The van der Waals surface area contributed by atoms with Gasteiger partial charge in [-0.25, -0.2) is 0 Å². The quantitative estimate of drug-likeness (QED) is 0.174. The summed E-state index contributed by atoms with van der Waals surface area (Å²) >= 11 is 0. The molecule has 0 aliphatic heterocycles. The highest BCUT2D eigenvalue weighted by Gasteiger charge is 2.37. The number of rotatable bonds is 5. The molecule has 0 unspecified atom stereocenters. The third kappa shape index (κ3) is 4.15. The fourth-order valence-electron chi connectivity index (χ4n) is 5.45. The number of hydrogen-bond donors (Lipinski definition) is 3. The van der Waals surface area contributed by atoms with Crippen LogP contribution in [0.4, 0.5) is 0 Å². The molecular weight excluding hydrogens is 456 g/mol. The molecule has 0 saturated heterocycles. The van der Waals surface area contributed by atoms with E-state index in [1.807, 2.05) is 36.4 Å². The van der Waals surface area contributed by atoms with Crippen LogP contribution in [0.3, 0.4) is 0 Å². The summed E-state index contributed by atoms with van der Waals surface area (Å²) in [5.74, 6) is 0.602. The molecule has 0 aliphatic rings. The summed E-state index contributed by atoms with van der Waals surface area (Å²) in [6.45, 7) is 0. The van der Waals surface area contributed by atoms with Gasteiger partial charge in [0.1, 0.15) is 17.2 Å². The molecule has 180 valence electrons. The maximum Gasteiger partial charge on any atom is 0.115 e. The average molecular weight is 483 g/mol. The van der Waals surface area contributed by atoms with Gasteiger partial charge in [-0.3, -0.25) is 0 Å². The van der Waals surface area contributed by atoms with Crippen LogP contribution in [0, 0.1) is 0 Å². The van der Waals surface area contributed by atoms with E-state index in [0.717, 1.165) is 22.3 Å². The SMILES string of the molecule is Oc1ccc(C(Cc2ccc3cc4ccccc4cc3c2)(c2ccc(O)cc2)c2ccc(O)cc2)cc1. The molecule has 3 nitrogen and oxygen atoms in total. The Bertz CT molecular complexity index is 1590. The highest BCUT2D eigenvalue weighted by molar-refractivity contribution is 5.98. The van der Waals surface area contributed by atoms with Crippen molar-refractivity contribution in [2.75, 3.05) is 0 Å². The molecule has 0 atom stereocenters. The molecule has 0 bridgehead atoms. The Morgan fingerprint density at radius 2 is 0.811 bits per heavy atom. The topological polar surface area (TPSA) is 60.7 Å². The Labute approximate surface area is 215 Å². The molecule has 0 saturated carbocycles. The van der Waals surface area contributed by atoms with Crippen molar-refractivity contribution in [2.45, 2.75) is 11.8 Å². The van der Waals surface area contributed by atoms with Crippen molar-refractivity contribution in [2.24, 2.45) is 0 Å². The maximum atomic E-state index is 10.1. The molecule has 0 aromatic heterocycles. The van der Waals surface area contributed by atoms with Crippen LogP contribution in [0.5, 0.6) is 17.2 Å². The summed E-state index contributed by atoms with van der Waals surface area (Å²) in [5.41, 5.74) is 3.51. The lowest BCUT2D eigenvalue weighted by Gasteiger charge is -2.36. The van der Waals surface area contributed by atoms with Crippen LogP contribution in [0.2, 0.25) is 0 Å². The molecule has 0 heterocycles. The summed E-state index contributed by atoms with van der Waals surface area (Å²) in [7, 11) is 0. The Hall–Kier alpha value is -4.76. The minimum atomic E-state index is -0.639. The highest BCUT2D eigenvalue weighted by Crippen LogP contribution is 2.44. The van der Waals surface area contributed by atoms with Crippen LogP contribution in [0.25, 0.3) is 21.5 Å². The van der Waals surface area contributed by atoms with Gasteiger partial charge in [0.05, 0.1) is 0 Å². The van der Waals surface area contributed by atoms with Crippen LogP contribution in [0.1, 0.15) is 22.3 Å². The van der Waals surface area contributed by atoms with Crippen molar-refractivity contribution in [1.82, 2.24) is 0 Å². The van der Waals surface area contributed by atoms with E-state index in [1.165, 1.54) is 21.5 Å². The Balaban J connectivity index is 1.59. The summed E-state index contributed by atoms with van der Waals surface area (Å²) < 4.78 is 0. The standard InChI is InChI=1S/C34H26O3/c35-31-13-7-28(8-14-31)34(29-9-15-32(36)16-10-29,30-11-17-33(37)18-12-30)22-23-5-6-26-20-24-3-1-2-4-25(24)21-27(26)19-23/h1-21,35-37H,22H2. The van der Waals surface area contributed by atoms with Crippen molar-refractivity contribution in [3.05, 3.63) is 150 Å². The fourth-order valence-corrected chi connectivity index (χ4v) is 5.45. The van der Waals surface area contributed by atoms with Gasteiger partial charge in [0.15, 0.2) is 0 Å². The van der Waals surface area contributed by atoms with Gasteiger partial charge < -0.3 is 15.3 Å². The number of hydrogen-bond acceptors (Lipinski definition) is 3. The Morgan fingerprint density at radius 1 is 0.405 bits per heavy atom. The first-order valence-electron chi connectivity index (χ1n) is 12.3. The first-order valence-corrected chi connectivity index (χ1v) is 12.3. The Kier molecular flexibility index (Phi) is 5.54. The molecule has 0 spiro atoms. The lowest BCUT2D eigenvalue weighted by Crippen LogP contribution is -2.32. The van der Waals surface area contributed by atoms with Crippen molar-refractivity contribution in [3.63, 3.8) is 0 Å². The number of aromatic hydroxyl groups is 3. The maximum absolute atomic E-state index is 10.1. The normalized spacial score (nSPS) is 11.7. The minimum Gasteiger partial charge on any atom is -0.508 e. The number of phenolic OH excluding ortho intramolecular Hbond substituents is 3. The van der Waals surface area contributed by atoms with E-state index in [-0.39, 0.29) is 17.2 Å². The molecule has 6 rings (SSSR count). The molecular formula is C34H26O3. The van der Waals surface area contributed by atoms with E-state index < -0.39 is 5.41 Å². The van der Waals surface area contributed by atoms with Gasteiger partial charge in [-0.15, -0.1) is 0 Å². The monoisotopic (exact) mass is 482 g/mol. The second kappa shape index (κ2) is 9.03. The zero-order valence-corrected chi connectivity index (χ0v) is 20.2. The van der Waals surface area contributed by atoms with Crippen molar-refractivity contribution < 1.29 is 15.3 Å². The van der Waals surface area contributed by atoms with E-state index in [9.17, 15) is 15.3 Å². The van der Waals surface area contributed by atoms with Gasteiger partial charge >= 0.3 is 0 Å². The third-order valence-electron chi connectivity index (χ3n) is 7.32. The van der Waals surface area contributed by atoms with Crippen molar-refractivity contribution >= 4 is 21.5 Å². The smallest absolute Gasteiger partial charge is 0.115 e. The van der Waals surface area contributed by atoms with Gasteiger partial charge in [-0.05, 0) is 98.8 Å². The summed E-state index contributed by atoms with van der Waals surface area (Å²) in [6, 6.07) is 41.4. The van der Waals surface area contributed by atoms with Crippen LogP contribution in [-0.4, -0.2) is 15.3 Å². The number of phenols is 3. The second-order valence-electron chi connectivity index (χ2n) is 9.60. The van der Waals surface area contributed by atoms with Gasteiger partial charge in [0.2, 0.25) is 0 Å². The number of fused-ring (bicyclic) bond motifs is 2. The van der Waals surface area contributed by atoms with Gasteiger partial charge in [0, 0.05) is 5.41 Å². The van der Waals surface area contributed by atoms with Crippen molar-refractivity contribution in [1.29, 1.82) is 0 Å². The lowest BCUT2D eigenvalue weighted by atomic mass is 9.66. The fraction of sp³-hybridized carbons (Fsp3) is 0.0588. The van der Waals surface area contributed by atoms with Crippen molar-refractivity contribution in [3.8, 4) is 17.2 Å². The van der Waals surface area contributed by atoms with Crippen LogP contribution in [0.15, 0.2) is 127 Å². The van der Waals surface area contributed by atoms with E-state index in [2.05, 4.69) is 54.6 Å². The predicted octanol–water partition coefficient (Wildman–Crippen LogP) is 7.69. The molecule has 6 aromatic carbocycles. The first-order chi connectivity index (χ1) is 18.0. The average Bonchev–Trinajstić information content (AvgIpc) is 2.92. The van der Waals surface area contributed by atoms with Gasteiger partial charge in [-0.2, -0.15) is 0 Å². The van der Waals surface area contributed by atoms with Gasteiger partial charge in [0.25, 0.3) is 0 Å². The largest absolute Gasteiger partial charge is 0.508 e. The first kappa shape index (κ1) is 22.7. The summed E-state index contributed by atoms with van der Waals surface area (Å²) in [4.78, 5) is 0. The summed E-state index contributed by atoms with van der Waals surface area (Å²) in [6.07, 6.45) is 0.635. The molecule has 0 fully saturated rings. The van der Waals surface area contributed by atoms with Crippen LogP contribution in [-0.2, 0) is 11.8 Å². The van der Waals surface area contributed by atoms with E-state index >= 15 is 0 Å². The zero-order chi connectivity index (χ0) is 25.4. The second-order valence-corrected chi connectivity index (χ2v) is 9.60. The molecule has 0 amide bonds.